The first-order valence-electron chi connectivity index (χ1n) is 5.74. The number of pyridine rings is 1. The number of amides is 1. The van der Waals surface area contributed by atoms with Gasteiger partial charge in [0.1, 0.15) is 6.54 Å². The lowest BCUT2D eigenvalue weighted by atomic mass is 10.1. The standard InChI is InChI=1S/C13H16N2O2S/c1-13(2,3)14-11(16)8-15-6-4-10-9(12(15)17)5-7-18-10/h4-7H,8H2,1-3H3,(H,14,16). The zero-order valence-electron chi connectivity index (χ0n) is 10.7. The Kier molecular flexibility index (Phi) is 3.26. The van der Waals surface area contributed by atoms with Gasteiger partial charge in [0.05, 0.1) is 5.39 Å². The number of aromatic nitrogens is 1. The summed E-state index contributed by atoms with van der Waals surface area (Å²) in [6, 6.07) is 3.66. The van der Waals surface area contributed by atoms with Gasteiger partial charge in [-0.05, 0) is 38.3 Å². The van der Waals surface area contributed by atoms with Crippen LogP contribution in [-0.2, 0) is 11.3 Å². The van der Waals surface area contributed by atoms with Crippen LogP contribution in [0.15, 0.2) is 28.5 Å². The third-order valence-electron chi connectivity index (χ3n) is 2.42. The summed E-state index contributed by atoms with van der Waals surface area (Å²) in [7, 11) is 0. The zero-order valence-corrected chi connectivity index (χ0v) is 11.5. The quantitative estimate of drug-likeness (QED) is 0.901. The van der Waals surface area contributed by atoms with E-state index in [1.165, 1.54) is 15.9 Å². The number of hydrogen-bond acceptors (Lipinski definition) is 3. The van der Waals surface area contributed by atoms with Crippen LogP contribution in [0.25, 0.3) is 10.1 Å². The van der Waals surface area contributed by atoms with Gasteiger partial charge >= 0.3 is 0 Å². The van der Waals surface area contributed by atoms with Gasteiger partial charge in [0.2, 0.25) is 5.91 Å². The van der Waals surface area contributed by atoms with E-state index >= 15 is 0 Å². The summed E-state index contributed by atoms with van der Waals surface area (Å²) < 4.78 is 2.39. The van der Waals surface area contributed by atoms with E-state index in [1.807, 2.05) is 32.2 Å². The average molecular weight is 264 g/mol. The largest absolute Gasteiger partial charge is 0.350 e. The van der Waals surface area contributed by atoms with Crippen molar-refractivity contribution in [2.75, 3.05) is 0 Å². The van der Waals surface area contributed by atoms with Crippen LogP contribution in [0.3, 0.4) is 0 Å². The fourth-order valence-corrected chi connectivity index (χ4v) is 2.52. The molecule has 0 aromatic carbocycles. The van der Waals surface area contributed by atoms with Gasteiger partial charge in [0.15, 0.2) is 0 Å². The van der Waals surface area contributed by atoms with Crippen LogP contribution in [-0.4, -0.2) is 16.0 Å². The van der Waals surface area contributed by atoms with E-state index < -0.39 is 0 Å². The molecule has 2 heterocycles. The first kappa shape index (κ1) is 12.8. The molecular formula is C13H16N2O2S. The SMILES string of the molecule is CC(C)(C)NC(=O)Cn1ccc2sccc2c1=O. The predicted octanol–water partition coefficient (Wildman–Crippen LogP) is 1.98. The Morgan fingerprint density at radius 2 is 2.11 bits per heavy atom. The summed E-state index contributed by atoms with van der Waals surface area (Å²) in [4.78, 5) is 23.9. The van der Waals surface area contributed by atoms with E-state index in [2.05, 4.69) is 5.32 Å². The topological polar surface area (TPSA) is 51.1 Å². The average Bonchev–Trinajstić information content (AvgIpc) is 2.68. The molecule has 2 aromatic heterocycles. The highest BCUT2D eigenvalue weighted by Gasteiger charge is 2.14. The summed E-state index contributed by atoms with van der Waals surface area (Å²) in [6.45, 7) is 5.79. The van der Waals surface area contributed by atoms with E-state index in [0.717, 1.165) is 4.70 Å². The molecular weight excluding hydrogens is 248 g/mol. The Hall–Kier alpha value is -1.62. The number of hydrogen-bond donors (Lipinski definition) is 1. The van der Waals surface area contributed by atoms with Crippen LogP contribution in [0.1, 0.15) is 20.8 Å². The number of fused-ring (bicyclic) bond motifs is 1. The van der Waals surface area contributed by atoms with Crippen LogP contribution in [0, 0.1) is 0 Å². The molecule has 0 saturated heterocycles. The summed E-state index contributed by atoms with van der Waals surface area (Å²) in [5, 5.41) is 5.39. The molecule has 0 unspecified atom stereocenters. The molecule has 96 valence electrons. The highest BCUT2D eigenvalue weighted by Crippen LogP contribution is 2.16. The molecule has 5 heteroatoms. The van der Waals surface area contributed by atoms with Crippen molar-refractivity contribution in [1.82, 2.24) is 9.88 Å². The van der Waals surface area contributed by atoms with Crippen molar-refractivity contribution in [2.45, 2.75) is 32.9 Å². The van der Waals surface area contributed by atoms with E-state index in [-0.39, 0.29) is 23.6 Å². The van der Waals surface area contributed by atoms with Gasteiger partial charge in [-0.2, -0.15) is 0 Å². The first-order valence-corrected chi connectivity index (χ1v) is 6.62. The maximum absolute atomic E-state index is 12.1. The van der Waals surface area contributed by atoms with Gasteiger partial charge in [-0.3, -0.25) is 9.59 Å². The van der Waals surface area contributed by atoms with Gasteiger partial charge in [-0.25, -0.2) is 0 Å². The van der Waals surface area contributed by atoms with Crippen molar-refractivity contribution in [3.63, 3.8) is 0 Å². The maximum atomic E-state index is 12.1. The lowest BCUT2D eigenvalue weighted by Gasteiger charge is -2.20. The Balaban J connectivity index is 2.24. The second-order valence-electron chi connectivity index (χ2n) is 5.25. The molecule has 0 spiro atoms. The smallest absolute Gasteiger partial charge is 0.259 e. The fourth-order valence-electron chi connectivity index (χ4n) is 1.74. The maximum Gasteiger partial charge on any atom is 0.259 e. The van der Waals surface area contributed by atoms with Gasteiger partial charge in [0.25, 0.3) is 5.56 Å². The molecule has 0 radical (unpaired) electrons. The first-order chi connectivity index (χ1) is 8.37. The number of rotatable bonds is 2. The lowest BCUT2D eigenvalue weighted by Crippen LogP contribution is -2.43. The van der Waals surface area contributed by atoms with Crippen molar-refractivity contribution in [3.05, 3.63) is 34.1 Å². The molecule has 1 amide bonds. The van der Waals surface area contributed by atoms with E-state index in [0.29, 0.717) is 5.39 Å². The van der Waals surface area contributed by atoms with Crippen LogP contribution >= 0.6 is 11.3 Å². The molecule has 1 N–H and O–H groups in total. The number of thiophene rings is 1. The number of carbonyl (C=O) groups excluding carboxylic acids is 1. The van der Waals surface area contributed by atoms with Crippen molar-refractivity contribution in [3.8, 4) is 0 Å². The van der Waals surface area contributed by atoms with Crippen LogP contribution < -0.4 is 10.9 Å². The molecule has 2 aromatic rings. The van der Waals surface area contributed by atoms with Crippen molar-refractivity contribution >= 4 is 27.3 Å². The van der Waals surface area contributed by atoms with E-state index in [4.69, 9.17) is 0 Å². The molecule has 0 aliphatic carbocycles. The predicted molar refractivity (Wildman–Crippen MR) is 74.0 cm³/mol. The van der Waals surface area contributed by atoms with Gasteiger partial charge in [-0.1, -0.05) is 0 Å². The third-order valence-corrected chi connectivity index (χ3v) is 3.30. The Morgan fingerprint density at radius 1 is 1.39 bits per heavy atom. The minimum Gasteiger partial charge on any atom is -0.350 e. The van der Waals surface area contributed by atoms with Gasteiger partial charge in [0, 0.05) is 16.4 Å². The Labute approximate surface area is 109 Å². The second kappa shape index (κ2) is 4.57. The summed E-state index contributed by atoms with van der Waals surface area (Å²) in [6.07, 6.45) is 1.67. The summed E-state index contributed by atoms with van der Waals surface area (Å²) in [5.74, 6) is -0.154. The molecule has 18 heavy (non-hydrogen) atoms. The Morgan fingerprint density at radius 3 is 2.78 bits per heavy atom. The molecule has 0 bridgehead atoms. The fraction of sp³-hybridized carbons (Fsp3) is 0.385. The van der Waals surface area contributed by atoms with Crippen molar-refractivity contribution in [2.24, 2.45) is 0 Å². The molecule has 0 aliphatic heterocycles. The summed E-state index contributed by atoms with van der Waals surface area (Å²) >= 11 is 1.53. The Bertz CT molecular complexity index is 634. The van der Waals surface area contributed by atoms with Crippen LogP contribution in [0.5, 0.6) is 0 Å². The number of carbonyl (C=O) groups is 1. The summed E-state index contributed by atoms with van der Waals surface area (Å²) in [5.41, 5.74) is -0.398. The van der Waals surface area contributed by atoms with Gasteiger partial charge in [-0.15, -0.1) is 11.3 Å². The van der Waals surface area contributed by atoms with Crippen LogP contribution in [0.4, 0.5) is 0 Å². The van der Waals surface area contributed by atoms with E-state index in [9.17, 15) is 9.59 Å². The zero-order chi connectivity index (χ0) is 13.3. The highest BCUT2D eigenvalue weighted by atomic mass is 32.1. The number of nitrogens with zero attached hydrogens (tertiary/aromatic N) is 1. The van der Waals surface area contributed by atoms with Crippen LogP contribution in [0.2, 0.25) is 0 Å². The van der Waals surface area contributed by atoms with Crippen molar-refractivity contribution in [1.29, 1.82) is 0 Å². The highest BCUT2D eigenvalue weighted by molar-refractivity contribution is 7.17. The van der Waals surface area contributed by atoms with E-state index in [1.54, 1.807) is 12.3 Å². The normalized spacial score (nSPS) is 11.7. The molecule has 0 saturated carbocycles. The molecule has 0 aliphatic rings. The molecule has 2 rings (SSSR count). The third kappa shape index (κ3) is 2.79. The molecule has 0 atom stereocenters. The lowest BCUT2D eigenvalue weighted by molar-refractivity contribution is -0.123. The second-order valence-corrected chi connectivity index (χ2v) is 6.19. The molecule has 0 fully saturated rings. The monoisotopic (exact) mass is 264 g/mol. The van der Waals surface area contributed by atoms with Gasteiger partial charge < -0.3 is 9.88 Å². The minimum atomic E-state index is -0.285. The minimum absolute atomic E-state index is 0.0574. The molecule has 4 nitrogen and oxygen atoms in total. The van der Waals surface area contributed by atoms with Crippen molar-refractivity contribution < 1.29 is 4.79 Å². The number of nitrogens with one attached hydrogen (secondary N) is 1.